The molecular weight excluding hydrogens is 266 g/mol. The molecule has 1 fully saturated rings. The van der Waals surface area contributed by atoms with Crippen LogP contribution in [0.15, 0.2) is 24.3 Å². The van der Waals surface area contributed by atoms with E-state index < -0.39 is 0 Å². The molecule has 5 heteroatoms. The lowest BCUT2D eigenvalue weighted by molar-refractivity contribution is -0.384. The van der Waals surface area contributed by atoms with Gasteiger partial charge in [0.2, 0.25) is 0 Å². The normalized spacial score (nSPS) is 20.6. The molecule has 0 amide bonds. The number of nitro benzene ring substituents is 1. The van der Waals surface area contributed by atoms with Crippen LogP contribution in [0.3, 0.4) is 0 Å². The topological polar surface area (TPSA) is 58.4 Å². The molecule has 2 unspecified atom stereocenters. The van der Waals surface area contributed by atoms with Gasteiger partial charge in [-0.1, -0.05) is 26.0 Å². The molecule has 1 heterocycles. The van der Waals surface area contributed by atoms with Crippen LogP contribution in [0.2, 0.25) is 0 Å². The Morgan fingerprint density at radius 3 is 2.90 bits per heavy atom. The van der Waals surface area contributed by atoms with E-state index in [2.05, 4.69) is 24.1 Å². The number of hydrogen-bond acceptors (Lipinski definition) is 4. The fourth-order valence-corrected chi connectivity index (χ4v) is 3.03. The Bertz CT molecular complexity index is 478. The molecule has 1 saturated heterocycles. The zero-order valence-electron chi connectivity index (χ0n) is 12.9. The van der Waals surface area contributed by atoms with Gasteiger partial charge in [-0.05, 0) is 44.0 Å². The Labute approximate surface area is 126 Å². The van der Waals surface area contributed by atoms with E-state index in [9.17, 15) is 10.1 Å². The summed E-state index contributed by atoms with van der Waals surface area (Å²) in [5.74, 6) is 0.692. The molecular formula is C16H25N3O2. The van der Waals surface area contributed by atoms with E-state index in [-0.39, 0.29) is 16.7 Å². The van der Waals surface area contributed by atoms with Crippen LogP contribution in [0.4, 0.5) is 5.69 Å². The van der Waals surface area contributed by atoms with Crippen LogP contribution in [-0.4, -0.2) is 36.0 Å². The zero-order chi connectivity index (χ0) is 15.2. The minimum Gasteiger partial charge on any atom is -0.310 e. The first-order chi connectivity index (χ1) is 10.1. The Balaban J connectivity index is 1.94. The summed E-state index contributed by atoms with van der Waals surface area (Å²) in [6, 6.07) is 7.17. The molecule has 1 aromatic carbocycles. The van der Waals surface area contributed by atoms with Gasteiger partial charge >= 0.3 is 0 Å². The molecule has 1 aromatic rings. The van der Waals surface area contributed by atoms with Crippen molar-refractivity contribution in [2.75, 3.05) is 26.2 Å². The monoisotopic (exact) mass is 291 g/mol. The molecule has 0 bridgehead atoms. The molecule has 0 saturated carbocycles. The van der Waals surface area contributed by atoms with Crippen molar-refractivity contribution in [1.29, 1.82) is 0 Å². The van der Waals surface area contributed by atoms with Crippen LogP contribution in [-0.2, 0) is 0 Å². The minimum atomic E-state index is -0.327. The van der Waals surface area contributed by atoms with Gasteiger partial charge in [-0.2, -0.15) is 0 Å². The van der Waals surface area contributed by atoms with E-state index in [1.54, 1.807) is 18.2 Å². The van der Waals surface area contributed by atoms with Crippen molar-refractivity contribution < 1.29 is 4.92 Å². The Morgan fingerprint density at radius 2 is 2.29 bits per heavy atom. The molecule has 0 aliphatic carbocycles. The lowest BCUT2D eigenvalue weighted by Gasteiger charge is -2.20. The molecule has 2 atom stereocenters. The first-order valence-corrected chi connectivity index (χ1v) is 7.84. The standard InChI is InChI=1S/C16H25N3O2/c1-3-16(14-6-5-7-15(10-14)19(20)21)17-11-13-8-9-18(4-2)12-13/h5-7,10,13,16-17H,3-4,8-9,11-12H2,1-2H3. The quantitative estimate of drug-likeness (QED) is 0.620. The average molecular weight is 291 g/mol. The SMILES string of the molecule is CCC(NCC1CCN(CC)C1)c1cccc([N+](=O)[O-])c1. The van der Waals surface area contributed by atoms with Gasteiger partial charge in [-0.3, -0.25) is 10.1 Å². The highest BCUT2D eigenvalue weighted by Gasteiger charge is 2.22. The van der Waals surface area contributed by atoms with E-state index in [0.717, 1.165) is 31.6 Å². The van der Waals surface area contributed by atoms with Crippen molar-refractivity contribution in [3.63, 3.8) is 0 Å². The molecule has 5 nitrogen and oxygen atoms in total. The van der Waals surface area contributed by atoms with Gasteiger partial charge in [-0.25, -0.2) is 0 Å². The van der Waals surface area contributed by atoms with E-state index in [0.29, 0.717) is 5.92 Å². The minimum absolute atomic E-state index is 0.172. The van der Waals surface area contributed by atoms with Crippen molar-refractivity contribution in [3.8, 4) is 0 Å². The maximum absolute atomic E-state index is 10.9. The summed E-state index contributed by atoms with van der Waals surface area (Å²) < 4.78 is 0. The summed E-state index contributed by atoms with van der Waals surface area (Å²) in [6.45, 7) is 8.78. The van der Waals surface area contributed by atoms with E-state index >= 15 is 0 Å². The summed E-state index contributed by atoms with van der Waals surface area (Å²) in [4.78, 5) is 13.0. The number of hydrogen-bond donors (Lipinski definition) is 1. The van der Waals surface area contributed by atoms with Gasteiger partial charge in [0.15, 0.2) is 0 Å². The number of non-ortho nitro benzene ring substituents is 1. The van der Waals surface area contributed by atoms with Gasteiger partial charge < -0.3 is 10.2 Å². The molecule has 1 N–H and O–H groups in total. The second-order valence-electron chi connectivity index (χ2n) is 5.77. The highest BCUT2D eigenvalue weighted by molar-refractivity contribution is 5.35. The summed E-state index contributed by atoms with van der Waals surface area (Å²) >= 11 is 0. The largest absolute Gasteiger partial charge is 0.310 e. The number of nitrogens with zero attached hydrogens (tertiary/aromatic N) is 2. The fourth-order valence-electron chi connectivity index (χ4n) is 3.03. The summed E-state index contributed by atoms with van der Waals surface area (Å²) in [5, 5.41) is 14.5. The Hall–Kier alpha value is -1.46. The number of likely N-dealkylation sites (tertiary alicyclic amines) is 1. The third-order valence-corrected chi connectivity index (χ3v) is 4.36. The summed E-state index contributed by atoms with van der Waals surface area (Å²) in [5.41, 5.74) is 1.18. The first-order valence-electron chi connectivity index (χ1n) is 7.84. The van der Waals surface area contributed by atoms with Crippen LogP contribution < -0.4 is 5.32 Å². The third-order valence-electron chi connectivity index (χ3n) is 4.36. The molecule has 1 aliphatic heterocycles. The number of benzene rings is 1. The maximum Gasteiger partial charge on any atom is 0.269 e. The zero-order valence-corrected chi connectivity index (χ0v) is 12.9. The average Bonchev–Trinajstić information content (AvgIpc) is 2.96. The van der Waals surface area contributed by atoms with Gasteiger partial charge in [0.1, 0.15) is 0 Å². The van der Waals surface area contributed by atoms with Gasteiger partial charge in [0.05, 0.1) is 4.92 Å². The highest BCUT2D eigenvalue weighted by atomic mass is 16.6. The molecule has 1 aliphatic rings. The van der Waals surface area contributed by atoms with Crippen molar-refractivity contribution in [2.45, 2.75) is 32.7 Å². The molecule has 0 aromatic heterocycles. The van der Waals surface area contributed by atoms with Crippen LogP contribution in [0.1, 0.15) is 38.3 Å². The second kappa shape index (κ2) is 7.52. The smallest absolute Gasteiger partial charge is 0.269 e. The van der Waals surface area contributed by atoms with Gasteiger partial charge in [0, 0.05) is 24.7 Å². The molecule has 2 rings (SSSR count). The summed E-state index contributed by atoms with van der Waals surface area (Å²) in [7, 11) is 0. The van der Waals surface area contributed by atoms with E-state index in [4.69, 9.17) is 0 Å². The number of rotatable bonds is 7. The first kappa shape index (κ1) is 15.9. The van der Waals surface area contributed by atoms with Crippen LogP contribution in [0.5, 0.6) is 0 Å². The summed E-state index contributed by atoms with van der Waals surface area (Å²) in [6.07, 6.45) is 2.18. The Morgan fingerprint density at radius 1 is 1.48 bits per heavy atom. The van der Waals surface area contributed by atoms with E-state index in [1.165, 1.54) is 13.0 Å². The maximum atomic E-state index is 10.9. The van der Waals surface area contributed by atoms with Crippen molar-refractivity contribution in [2.24, 2.45) is 5.92 Å². The predicted octanol–water partition coefficient (Wildman–Crippen LogP) is 2.98. The second-order valence-corrected chi connectivity index (χ2v) is 5.77. The van der Waals surface area contributed by atoms with Gasteiger partial charge in [-0.15, -0.1) is 0 Å². The Kier molecular flexibility index (Phi) is 5.70. The predicted molar refractivity (Wildman–Crippen MR) is 84.4 cm³/mol. The molecule has 0 radical (unpaired) electrons. The molecule has 21 heavy (non-hydrogen) atoms. The highest BCUT2D eigenvalue weighted by Crippen LogP contribution is 2.23. The number of nitrogens with one attached hydrogen (secondary N) is 1. The van der Waals surface area contributed by atoms with Crippen LogP contribution in [0.25, 0.3) is 0 Å². The van der Waals surface area contributed by atoms with Crippen molar-refractivity contribution >= 4 is 5.69 Å². The third kappa shape index (κ3) is 4.25. The van der Waals surface area contributed by atoms with Crippen molar-refractivity contribution in [3.05, 3.63) is 39.9 Å². The fraction of sp³-hybridized carbons (Fsp3) is 0.625. The lowest BCUT2D eigenvalue weighted by Crippen LogP contribution is -2.29. The lowest BCUT2D eigenvalue weighted by atomic mass is 10.0. The van der Waals surface area contributed by atoms with Crippen LogP contribution in [0, 0.1) is 16.0 Å². The molecule has 0 spiro atoms. The van der Waals surface area contributed by atoms with Crippen LogP contribution >= 0.6 is 0 Å². The molecule has 116 valence electrons. The van der Waals surface area contributed by atoms with Gasteiger partial charge in [0.25, 0.3) is 5.69 Å². The number of nitro groups is 1. The van der Waals surface area contributed by atoms with E-state index in [1.807, 2.05) is 6.07 Å². The van der Waals surface area contributed by atoms with Crippen molar-refractivity contribution in [1.82, 2.24) is 10.2 Å².